The maximum atomic E-state index is 13.5. The molecule has 2 amide bonds. The van der Waals surface area contributed by atoms with E-state index in [1.54, 1.807) is 0 Å². The van der Waals surface area contributed by atoms with Gasteiger partial charge in [-0.2, -0.15) is 26.3 Å². The van der Waals surface area contributed by atoms with Crippen LogP contribution in [0.3, 0.4) is 0 Å². The van der Waals surface area contributed by atoms with Crippen molar-refractivity contribution in [3.8, 4) is 0 Å². The van der Waals surface area contributed by atoms with E-state index in [0.29, 0.717) is 18.6 Å². The Labute approximate surface area is 185 Å². The van der Waals surface area contributed by atoms with E-state index in [1.807, 2.05) is 0 Å². The van der Waals surface area contributed by atoms with Crippen LogP contribution >= 0.6 is 0 Å². The molecule has 180 valence electrons. The summed E-state index contributed by atoms with van der Waals surface area (Å²) in [5, 5.41) is 4.74. The summed E-state index contributed by atoms with van der Waals surface area (Å²) in [6, 6.07) is 2.70. The van der Waals surface area contributed by atoms with Gasteiger partial charge in [0.05, 0.1) is 34.4 Å². The number of carbonyl (C=O) groups excluding carboxylic acids is 1. The number of amides is 2. The van der Waals surface area contributed by atoms with Gasteiger partial charge in [-0.05, 0) is 42.2 Å². The molecule has 0 aliphatic carbocycles. The summed E-state index contributed by atoms with van der Waals surface area (Å²) in [4.78, 5) is 16.2. The molecule has 3 rings (SSSR count). The molecule has 2 heterocycles. The van der Waals surface area contributed by atoms with E-state index in [1.165, 1.54) is 0 Å². The first-order valence-corrected chi connectivity index (χ1v) is 11.5. The second-order valence-electron chi connectivity index (χ2n) is 7.61. The van der Waals surface area contributed by atoms with E-state index in [9.17, 15) is 39.6 Å². The third-order valence-corrected chi connectivity index (χ3v) is 6.98. The second-order valence-corrected chi connectivity index (χ2v) is 9.84. The third-order valence-electron chi connectivity index (χ3n) is 5.14. The summed E-state index contributed by atoms with van der Waals surface area (Å²) < 4.78 is 102. The Kier molecular flexibility index (Phi) is 6.91. The molecule has 1 aliphatic heterocycles. The van der Waals surface area contributed by atoms with Crippen LogP contribution in [0.1, 0.15) is 34.8 Å². The molecule has 1 aromatic carbocycles. The standard InChI is InChI=1S/C20H19F6N3O3S/c21-19(22,23)14-5-3-13(4-6-14)16(17-15(20(24,25)26)2-1-8-27-17)29-18(30)28-10-12-7-9-33(31,32)11-12/h1-6,8,12,16H,7,9-11H2,(H2,28,29,30)/t12?,16-/m0/s1. The lowest BCUT2D eigenvalue weighted by Gasteiger charge is -2.23. The van der Waals surface area contributed by atoms with Crippen LogP contribution < -0.4 is 10.6 Å². The summed E-state index contributed by atoms with van der Waals surface area (Å²) in [6.07, 6.45) is -8.07. The number of nitrogens with one attached hydrogen (secondary N) is 2. The lowest BCUT2D eigenvalue weighted by atomic mass is 9.98. The van der Waals surface area contributed by atoms with Crippen molar-refractivity contribution in [3.05, 3.63) is 65.0 Å². The van der Waals surface area contributed by atoms with Gasteiger partial charge >= 0.3 is 18.4 Å². The van der Waals surface area contributed by atoms with Gasteiger partial charge in [0, 0.05) is 12.7 Å². The van der Waals surface area contributed by atoms with Crippen molar-refractivity contribution in [1.29, 1.82) is 0 Å². The minimum Gasteiger partial charge on any atom is -0.338 e. The lowest BCUT2D eigenvalue weighted by molar-refractivity contribution is -0.139. The molecule has 0 radical (unpaired) electrons. The number of benzene rings is 1. The molecule has 1 fully saturated rings. The minimum atomic E-state index is -4.83. The molecule has 1 saturated heterocycles. The Balaban J connectivity index is 1.87. The van der Waals surface area contributed by atoms with Crippen molar-refractivity contribution >= 4 is 15.9 Å². The Hall–Kier alpha value is -2.83. The fourth-order valence-electron chi connectivity index (χ4n) is 3.51. The molecule has 6 nitrogen and oxygen atoms in total. The van der Waals surface area contributed by atoms with Crippen LogP contribution in [-0.2, 0) is 22.2 Å². The van der Waals surface area contributed by atoms with Crippen molar-refractivity contribution in [2.45, 2.75) is 24.8 Å². The number of hydrogen-bond acceptors (Lipinski definition) is 4. The van der Waals surface area contributed by atoms with E-state index < -0.39 is 51.1 Å². The quantitative estimate of drug-likeness (QED) is 0.616. The first-order valence-electron chi connectivity index (χ1n) is 9.70. The number of carbonyl (C=O) groups is 1. The van der Waals surface area contributed by atoms with Crippen LogP contribution in [0.15, 0.2) is 42.6 Å². The highest BCUT2D eigenvalue weighted by molar-refractivity contribution is 7.91. The highest BCUT2D eigenvalue weighted by Crippen LogP contribution is 2.36. The van der Waals surface area contributed by atoms with E-state index in [-0.39, 0.29) is 29.5 Å². The van der Waals surface area contributed by atoms with Crippen molar-refractivity contribution in [3.63, 3.8) is 0 Å². The Morgan fingerprint density at radius 1 is 1.06 bits per heavy atom. The number of urea groups is 1. The predicted octanol–water partition coefficient (Wildman–Crippen LogP) is 3.94. The molecule has 0 bridgehead atoms. The molecular formula is C20H19F6N3O3S. The second kappa shape index (κ2) is 9.20. The van der Waals surface area contributed by atoms with E-state index >= 15 is 0 Å². The summed E-state index contributed by atoms with van der Waals surface area (Å²) in [5.74, 6) is -0.475. The zero-order chi connectivity index (χ0) is 24.4. The van der Waals surface area contributed by atoms with Gasteiger partial charge in [0.2, 0.25) is 0 Å². The summed E-state index contributed by atoms with van der Waals surface area (Å²) in [6.45, 7) is -0.0286. The Morgan fingerprint density at radius 3 is 2.27 bits per heavy atom. The van der Waals surface area contributed by atoms with Gasteiger partial charge in [-0.25, -0.2) is 13.2 Å². The van der Waals surface area contributed by atoms with Crippen LogP contribution in [0, 0.1) is 5.92 Å². The van der Waals surface area contributed by atoms with Gasteiger partial charge in [-0.1, -0.05) is 12.1 Å². The molecule has 0 spiro atoms. The molecule has 2 aromatic rings. The average molecular weight is 495 g/mol. The third kappa shape index (κ3) is 6.36. The number of rotatable bonds is 5. The Bertz CT molecular complexity index is 1100. The zero-order valence-electron chi connectivity index (χ0n) is 16.9. The van der Waals surface area contributed by atoms with Gasteiger partial charge < -0.3 is 10.6 Å². The largest absolute Gasteiger partial charge is 0.418 e. The zero-order valence-corrected chi connectivity index (χ0v) is 17.7. The average Bonchev–Trinajstić information content (AvgIpc) is 3.08. The normalized spacial score (nSPS) is 19.2. The first kappa shape index (κ1) is 24.8. The van der Waals surface area contributed by atoms with Crippen molar-refractivity contribution in [2.75, 3.05) is 18.1 Å². The highest BCUT2D eigenvalue weighted by Gasteiger charge is 2.37. The fraction of sp³-hybridized carbons (Fsp3) is 0.400. The molecule has 2 atom stereocenters. The fourth-order valence-corrected chi connectivity index (χ4v) is 5.38. The van der Waals surface area contributed by atoms with E-state index in [4.69, 9.17) is 0 Å². The van der Waals surface area contributed by atoms with Crippen LogP contribution in [0.5, 0.6) is 0 Å². The van der Waals surface area contributed by atoms with Crippen LogP contribution in [0.2, 0.25) is 0 Å². The van der Waals surface area contributed by atoms with Crippen LogP contribution in [0.4, 0.5) is 31.1 Å². The highest BCUT2D eigenvalue weighted by atomic mass is 32.2. The number of aromatic nitrogens is 1. The minimum absolute atomic E-state index is 0.0159. The molecule has 1 aliphatic rings. The van der Waals surface area contributed by atoms with Gasteiger partial charge in [-0.3, -0.25) is 4.98 Å². The summed E-state index contributed by atoms with van der Waals surface area (Å²) in [7, 11) is -3.19. The lowest BCUT2D eigenvalue weighted by Crippen LogP contribution is -2.41. The molecule has 33 heavy (non-hydrogen) atoms. The molecule has 1 unspecified atom stereocenters. The van der Waals surface area contributed by atoms with Crippen LogP contribution in [0.25, 0.3) is 0 Å². The molecule has 1 aromatic heterocycles. The molecule has 13 heteroatoms. The predicted molar refractivity (Wildman–Crippen MR) is 106 cm³/mol. The first-order chi connectivity index (χ1) is 15.3. The number of sulfone groups is 1. The van der Waals surface area contributed by atoms with Gasteiger partial charge in [0.15, 0.2) is 9.84 Å². The maximum absolute atomic E-state index is 13.5. The molecular weight excluding hydrogens is 476 g/mol. The van der Waals surface area contributed by atoms with Crippen LogP contribution in [-0.4, -0.2) is 37.5 Å². The molecule has 2 N–H and O–H groups in total. The molecule has 0 saturated carbocycles. The summed E-state index contributed by atoms with van der Waals surface area (Å²) >= 11 is 0. The topological polar surface area (TPSA) is 88.2 Å². The van der Waals surface area contributed by atoms with Crippen molar-refractivity contribution in [1.82, 2.24) is 15.6 Å². The van der Waals surface area contributed by atoms with Gasteiger partial charge in [-0.15, -0.1) is 0 Å². The number of halogens is 6. The van der Waals surface area contributed by atoms with Crippen molar-refractivity contribution in [2.24, 2.45) is 5.92 Å². The summed E-state index contributed by atoms with van der Waals surface area (Å²) in [5.41, 5.74) is -2.81. The maximum Gasteiger partial charge on any atom is 0.418 e. The van der Waals surface area contributed by atoms with Gasteiger partial charge in [0.25, 0.3) is 0 Å². The number of hydrogen-bond donors (Lipinski definition) is 2. The number of alkyl halides is 6. The monoisotopic (exact) mass is 495 g/mol. The number of nitrogens with zero attached hydrogens (tertiary/aromatic N) is 1. The van der Waals surface area contributed by atoms with E-state index in [0.717, 1.165) is 30.5 Å². The van der Waals surface area contributed by atoms with Gasteiger partial charge in [0.1, 0.15) is 0 Å². The Morgan fingerprint density at radius 2 is 1.73 bits per heavy atom. The smallest absolute Gasteiger partial charge is 0.338 e. The van der Waals surface area contributed by atoms with Crippen molar-refractivity contribution < 1.29 is 39.6 Å². The SMILES string of the molecule is O=C(NCC1CCS(=O)(=O)C1)N[C@@H](c1ccc(C(F)(F)F)cc1)c1ncccc1C(F)(F)F. The van der Waals surface area contributed by atoms with E-state index in [2.05, 4.69) is 15.6 Å². The number of pyridine rings is 1.